The Bertz CT molecular complexity index is 556. The normalized spacial score (nSPS) is 13.1. The highest BCUT2D eigenvalue weighted by Gasteiger charge is 2.21. The van der Waals surface area contributed by atoms with Gasteiger partial charge in [0.05, 0.1) is 12.0 Å². The van der Waals surface area contributed by atoms with Crippen molar-refractivity contribution in [2.24, 2.45) is 0 Å². The molecule has 0 spiro atoms. The van der Waals surface area contributed by atoms with Crippen molar-refractivity contribution in [1.82, 2.24) is 4.72 Å². The molecule has 19 heavy (non-hydrogen) atoms. The van der Waals surface area contributed by atoms with E-state index in [0.717, 1.165) is 7.11 Å². The summed E-state index contributed by atoms with van der Waals surface area (Å²) < 4.78 is 30.4. The molecule has 0 aliphatic rings. The Hall–Kier alpha value is -0.530. The van der Waals surface area contributed by atoms with Gasteiger partial charge < -0.3 is 4.74 Å². The molecule has 0 saturated heterocycles. The molecule has 5 nitrogen and oxygen atoms in total. The van der Waals surface area contributed by atoms with E-state index < -0.39 is 21.4 Å². The molecule has 0 saturated carbocycles. The standard InChI is InChI=1S/C10H10Cl3NO4S/c1-18-10(15)9(13)5-14-19(16,17)8-3-6(11)2-7(12)4-8/h2-4,9,14H,5H2,1H3. The van der Waals surface area contributed by atoms with Crippen LogP contribution in [0.25, 0.3) is 0 Å². The van der Waals surface area contributed by atoms with Crippen molar-refractivity contribution in [2.45, 2.75) is 10.3 Å². The number of methoxy groups -OCH3 is 1. The van der Waals surface area contributed by atoms with E-state index >= 15 is 0 Å². The molecule has 0 heterocycles. The van der Waals surface area contributed by atoms with Gasteiger partial charge in [-0.2, -0.15) is 0 Å². The van der Waals surface area contributed by atoms with Crippen molar-refractivity contribution >= 4 is 50.8 Å². The molecule has 0 amide bonds. The third-order valence-electron chi connectivity index (χ3n) is 2.06. The molecule has 0 radical (unpaired) electrons. The van der Waals surface area contributed by atoms with Crippen LogP contribution in [0.5, 0.6) is 0 Å². The maximum absolute atomic E-state index is 11.9. The van der Waals surface area contributed by atoms with Crippen LogP contribution in [0.2, 0.25) is 10.0 Å². The largest absolute Gasteiger partial charge is 0.468 e. The van der Waals surface area contributed by atoms with Crippen LogP contribution in [0.3, 0.4) is 0 Å². The number of rotatable bonds is 5. The second kappa shape index (κ2) is 6.76. The number of hydrogen-bond donors (Lipinski definition) is 1. The Morgan fingerprint density at radius 2 is 1.84 bits per heavy atom. The number of nitrogens with one attached hydrogen (secondary N) is 1. The molecule has 0 aliphatic heterocycles. The summed E-state index contributed by atoms with van der Waals surface area (Å²) in [5, 5.41) is -0.749. The molecule has 106 valence electrons. The van der Waals surface area contributed by atoms with E-state index in [9.17, 15) is 13.2 Å². The van der Waals surface area contributed by atoms with E-state index in [4.69, 9.17) is 34.8 Å². The SMILES string of the molecule is COC(=O)C(Cl)CNS(=O)(=O)c1cc(Cl)cc(Cl)c1. The third-order valence-corrected chi connectivity index (χ3v) is 4.23. The van der Waals surface area contributed by atoms with E-state index in [1.54, 1.807) is 0 Å². The Labute approximate surface area is 125 Å². The molecule has 1 aromatic rings. The molecule has 1 unspecified atom stereocenters. The van der Waals surface area contributed by atoms with Crippen molar-refractivity contribution in [1.29, 1.82) is 0 Å². The van der Waals surface area contributed by atoms with Gasteiger partial charge >= 0.3 is 5.97 Å². The smallest absolute Gasteiger partial charge is 0.325 e. The van der Waals surface area contributed by atoms with Gasteiger partial charge in [-0.15, -0.1) is 11.6 Å². The monoisotopic (exact) mass is 345 g/mol. The van der Waals surface area contributed by atoms with Crippen molar-refractivity contribution in [3.63, 3.8) is 0 Å². The van der Waals surface area contributed by atoms with Gasteiger partial charge in [0, 0.05) is 16.6 Å². The Morgan fingerprint density at radius 1 is 1.32 bits per heavy atom. The van der Waals surface area contributed by atoms with Crippen LogP contribution in [-0.2, 0) is 19.6 Å². The zero-order valence-corrected chi connectivity index (χ0v) is 12.8. The Kier molecular flexibility index (Phi) is 5.88. The summed E-state index contributed by atoms with van der Waals surface area (Å²) in [6.45, 7) is -0.305. The first kappa shape index (κ1) is 16.5. The molecule has 0 bridgehead atoms. The van der Waals surface area contributed by atoms with Gasteiger partial charge in [0.1, 0.15) is 5.38 Å². The second-order valence-electron chi connectivity index (χ2n) is 3.45. The summed E-state index contributed by atoms with van der Waals surface area (Å²) in [6.07, 6.45) is 0. The number of alkyl halides is 1. The van der Waals surface area contributed by atoms with E-state index in [1.807, 2.05) is 0 Å². The maximum Gasteiger partial charge on any atom is 0.325 e. The zero-order valence-electron chi connectivity index (χ0n) is 9.69. The molecule has 1 aromatic carbocycles. The summed E-state index contributed by atoms with van der Waals surface area (Å²) in [5.74, 6) is -0.728. The lowest BCUT2D eigenvalue weighted by molar-refractivity contribution is -0.140. The lowest BCUT2D eigenvalue weighted by atomic mass is 10.4. The van der Waals surface area contributed by atoms with Gasteiger partial charge in [-0.25, -0.2) is 13.1 Å². The first-order chi connectivity index (χ1) is 8.76. The quantitative estimate of drug-likeness (QED) is 0.654. The summed E-state index contributed by atoms with van der Waals surface area (Å²) in [4.78, 5) is 10.9. The second-order valence-corrected chi connectivity index (χ2v) is 6.61. The van der Waals surface area contributed by atoms with Gasteiger partial charge in [-0.1, -0.05) is 23.2 Å². The molecular formula is C10H10Cl3NO4S. The molecule has 0 aromatic heterocycles. The molecule has 9 heteroatoms. The fraction of sp³-hybridized carbons (Fsp3) is 0.300. The number of esters is 1. The summed E-state index contributed by atoms with van der Waals surface area (Å²) in [5.41, 5.74) is 0. The van der Waals surface area contributed by atoms with Crippen LogP contribution < -0.4 is 4.72 Å². The van der Waals surface area contributed by atoms with Crippen molar-refractivity contribution in [2.75, 3.05) is 13.7 Å². The van der Waals surface area contributed by atoms with Crippen LogP contribution in [0.4, 0.5) is 0 Å². The molecule has 1 N–H and O–H groups in total. The fourth-order valence-electron chi connectivity index (χ4n) is 1.16. The van der Waals surface area contributed by atoms with Crippen LogP contribution in [0, 0.1) is 0 Å². The van der Waals surface area contributed by atoms with E-state index in [2.05, 4.69) is 9.46 Å². The highest BCUT2D eigenvalue weighted by Crippen LogP contribution is 2.22. The minimum atomic E-state index is -3.85. The lowest BCUT2D eigenvalue weighted by Gasteiger charge is -2.10. The maximum atomic E-state index is 11.9. The number of carbonyl (C=O) groups excluding carboxylic acids is 1. The lowest BCUT2D eigenvalue weighted by Crippen LogP contribution is -2.34. The summed E-state index contributed by atoms with van der Waals surface area (Å²) in [6, 6.07) is 3.87. The summed E-state index contributed by atoms with van der Waals surface area (Å²) in [7, 11) is -2.70. The number of benzene rings is 1. The Balaban J connectivity index is 2.84. The first-order valence-corrected chi connectivity index (χ1v) is 7.61. The number of hydrogen-bond acceptors (Lipinski definition) is 4. The molecule has 0 aliphatic carbocycles. The predicted molar refractivity (Wildman–Crippen MR) is 73.3 cm³/mol. The Morgan fingerprint density at radius 3 is 2.32 bits per heavy atom. The topological polar surface area (TPSA) is 72.5 Å². The van der Waals surface area contributed by atoms with Gasteiger partial charge in [0.15, 0.2) is 0 Å². The van der Waals surface area contributed by atoms with Crippen LogP contribution >= 0.6 is 34.8 Å². The van der Waals surface area contributed by atoms with Crippen molar-refractivity contribution < 1.29 is 17.9 Å². The molecule has 1 rings (SSSR count). The number of carbonyl (C=O) groups is 1. The fourth-order valence-corrected chi connectivity index (χ4v) is 3.19. The van der Waals surface area contributed by atoms with E-state index in [1.165, 1.54) is 18.2 Å². The van der Waals surface area contributed by atoms with Gasteiger partial charge in [0.25, 0.3) is 0 Å². The minimum Gasteiger partial charge on any atom is -0.468 e. The number of ether oxygens (including phenoxy) is 1. The summed E-state index contributed by atoms with van der Waals surface area (Å²) >= 11 is 17.1. The minimum absolute atomic E-state index is 0.112. The first-order valence-electron chi connectivity index (χ1n) is 4.94. The van der Waals surface area contributed by atoms with E-state index in [0.29, 0.717) is 0 Å². The molecule has 1 atom stereocenters. The van der Waals surface area contributed by atoms with Crippen molar-refractivity contribution in [3.05, 3.63) is 28.2 Å². The van der Waals surface area contributed by atoms with E-state index in [-0.39, 0.29) is 21.5 Å². The zero-order chi connectivity index (χ0) is 14.6. The molecular weight excluding hydrogens is 337 g/mol. The third kappa shape index (κ3) is 4.81. The number of sulfonamides is 1. The average molecular weight is 347 g/mol. The molecule has 0 fully saturated rings. The predicted octanol–water partition coefficient (Wildman–Crippen LogP) is 2.05. The van der Waals surface area contributed by atoms with Gasteiger partial charge in [-0.05, 0) is 18.2 Å². The van der Waals surface area contributed by atoms with Crippen LogP contribution in [-0.4, -0.2) is 33.4 Å². The van der Waals surface area contributed by atoms with Gasteiger partial charge in [0.2, 0.25) is 10.0 Å². The average Bonchev–Trinajstić information content (AvgIpc) is 2.33. The highest BCUT2D eigenvalue weighted by atomic mass is 35.5. The van der Waals surface area contributed by atoms with Gasteiger partial charge in [-0.3, -0.25) is 4.79 Å². The highest BCUT2D eigenvalue weighted by molar-refractivity contribution is 7.89. The van der Waals surface area contributed by atoms with Crippen LogP contribution in [0.1, 0.15) is 0 Å². The van der Waals surface area contributed by atoms with Crippen LogP contribution in [0.15, 0.2) is 23.1 Å². The van der Waals surface area contributed by atoms with Crippen molar-refractivity contribution in [3.8, 4) is 0 Å². The number of halogens is 3.